The van der Waals surface area contributed by atoms with Crippen molar-refractivity contribution in [2.24, 2.45) is 5.92 Å². The molecule has 3 nitrogen and oxygen atoms in total. The number of ether oxygens (including phenoxy) is 1. The van der Waals surface area contributed by atoms with Crippen LogP contribution in [0.15, 0.2) is 18.2 Å². The van der Waals surface area contributed by atoms with Crippen LogP contribution in [0, 0.1) is 5.92 Å². The third kappa shape index (κ3) is 5.17. The summed E-state index contributed by atoms with van der Waals surface area (Å²) in [7, 11) is 1.72. The van der Waals surface area contributed by atoms with Crippen molar-refractivity contribution in [3.63, 3.8) is 0 Å². The molecule has 1 saturated carbocycles. The summed E-state index contributed by atoms with van der Waals surface area (Å²) in [5, 5.41) is 4.22. The Balaban J connectivity index is 2.00. The maximum Gasteiger partial charge on any atom is 0.0642 e. The Kier molecular flexibility index (Phi) is 6.34. The first-order valence-corrected chi connectivity index (χ1v) is 8.24. The summed E-state index contributed by atoms with van der Waals surface area (Å²) in [5.41, 5.74) is 2.41. The zero-order chi connectivity index (χ0) is 15.2. The summed E-state index contributed by atoms with van der Waals surface area (Å²) in [6.07, 6.45) is 2.59. The van der Waals surface area contributed by atoms with Crippen molar-refractivity contribution in [1.29, 1.82) is 0 Å². The second-order valence-electron chi connectivity index (χ2n) is 6.23. The maximum absolute atomic E-state index is 6.53. The average molecular weight is 311 g/mol. The Labute approximate surface area is 133 Å². The second-order valence-corrected chi connectivity index (χ2v) is 6.64. The minimum atomic E-state index is 0.650. The van der Waals surface area contributed by atoms with E-state index in [1.165, 1.54) is 24.1 Å². The van der Waals surface area contributed by atoms with Crippen LogP contribution >= 0.6 is 11.6 Å². The van der Waals surface area contributed by atoms with Crippen LogP contribution in [-0.4, -0.2) is 32.8 Å². The Morgan fingerprint density at radius 1 is 1.38 bits per heavy atom. The number of methoxy groups -OCH3 is 1. The van der Waals surface area contributed by atoms with Crippen molar-refractivity contribution in [2.75, 3.05) is 31.7 Å². The lowest BCUT2D eigenvalue weighted by molar-refractivity contribution is 0.199. The molecule has 1 aromatic carbocycles. The zero-order valence-corrected chi connectivity index (χ0v) is 14.1. The van der Waals surface area contributed by atoms with Crippen molar-refractivity contribution >= 4 is 17.3 Å². The Bertz CT molecular complexity index is 446. The van der Waals surface area contributed by atoms with Crippen LogP contribution in [0.5, 0.6) is 0 Å². The molecule has 4 heteroatoms. The molecule has 0 aliphatic heterocycles. The molecule has 0 radical (unpaired) electrons. The van der Waals surface area contributed by atoms with Gasteiger partial charge in [-0.15, -0.1) is 0 Å². The van der Waals surface area contributed by atoms with E-state index in [2.05, 4.69) is 42.3 Å². The number of halogens is 1. The number of nitrogens with zero attached hydrogens (tertiary/aromatic N) is 1. The average Bonchev–Trinajstić information content (AvgIpc) is 3.26. The Morgan fingerprint density at radius 3 is 2.71 bits per heavy atom. The largest absolute Gasteiger partial charge is 0.383 e. The topological polar surface area (TPSA) is 24.5 Å². The molecule has 1 fully saturated rings. The maximum atomic E-state index is 6.53. The Hall–Kier alpha value is -0.770. The third-order valence-electron chi connectivity index (χ3n) is 3.68. The van der Waals surface area contributed by atoms with Gasteiger partial charge in [0.25, 0.3) is 0 Å². The van der Waals surface area contributed by atoms with Crippen molar-refractivity contribution in [3.8, 4) is 0 Å². The van der Waals surface area contributed by atoms with E-state index in [0.717, 1.165) is 31.3 Å². The predicted octanol–water partition coefficient (Wildman–Crippen LogP) is 3.70. The highest BCUT2D eigenvalue weighted by Crippen LogP contribution is 2.36. The summed E-state index contributed by atoms with van der Waals surface area (Å²) < 4.78 is 5.03. The lowest BCUT2D eigenvalue weighted by Gasteiger charge is -2.28. The molecule has 0 bridgehead atoms. The van der Waals surface area contributed by atoms with Gasteiger partial charge in [-0.1, -0.05) is 31.5 Å². The van der Waals surface area contributed by atoms with Crippen LogP contribution in [0.25, 0.3) is 0 Å². The number of nitrogens with one attached hydrogen (secondary N) is 1. The highest BCUT2D eigenvalue weighted by Gasteiger charge is 2.30. The van der Waals surface area contributed by atoms with E-state index in [1.807, 2.05) is 0 Å². The Morgan fingerprint density at radius 2 is 2.14 bits per heavy atom. The third-order valence-corrected chi connectivity index (χ3v) is 3.99. The molecule has 1 aromatic rings. The normalized spacial score (nSPS) is 14.7. The number of hydrogen-bond acceptors (Lipinski definition) is 3. The van der Waals surface area contributed by atoms with Crippen LogP contribution < -0.4 is 10.2 Å². The van der Waals surface area contributed by atoms with Gasteiger partial charge in [-0.3, -0.25) is 0 Å². The van der Waals surface area contributed by atoms with Crippen LogP contribution in [0.1, 0.15) is 32.3 Å². The molecular formula is C17H27ClN2O. The predicted molar refractivity (Wildman–Crippen MR) is 90.2 cm³/mol. The van der Waals surface area contributed by atoms with Gasteiger partial charge < -0.3 is 15.0 Å². The number of rotatable bonds is 9. The molecule has 1 aliphatic carbocycles. The first-order valence-electron chi connectivity index (χ1n) is 7.86. The fourth-order valence-electron chi connectivity index (χ4n) is 2.52. The molecule has 0 heterocycles. The summed E-state index contributed by atoms with van der Waals surface area (Å²) in [6, 6.07) is 7.13. The summed E-state index contributed by atoms with van der Waals surface area (Å²) in [6.45, 7) is 8.02. The van der Waals surface area contributed by atoms with Gasteiger partial charge in [0.1, 0.15) is 0 Å². The molecular weight excluding hydrogens is 284 g/mol. The number of benzene rings is 1. The van der Waals surface area contributed by atoms with E-state index in [0.29, 0.717) is 12.0 Å². The molecule has 1 aliphatic rings. The van der Waals surface area contributed by atoms with Gasteiger partial charge in [0, 0.05) is 32.8 Å². The summed E-state index contributed by atoms with van der Waals surface area (Å²) in [4.78, 5) is 2.48. The summed E-state index contributed by atoms with van der Waals surface area (Å²) >= 11 is 6.53. The van der Waals surface area contributed by atoms with Gasteiger partial charge >= 0.3 is 0 Å². The molecule has 0 spiro atoms. The number of anilines is 1. The highest BCUT2D eigenvalue weighted by atomic mass is 35.5. The highest BCUT2D eigenvalue weighted by molar-refractivity contribution is 6.33. The lowest BCUT2D eigenvalue weighted by atomic mass is 10.1. The fourth-order valence-corrected chi connectivity index (χ4v) is 2.84. The van der Waals surface area contributed by atoms with Gasteiger partial charge in [0.2, 0.25) is 0 Å². The molecule has 1 N–H and O–H groups in total. The van der Waals surface area contributed by atoms with Crippen molar-refractivity contribution in [2.45, 2.75) is 39.3 Å². The lowest BCUT2D eigenvalue weighted by Crippen LogP contribution is -2.30. The van der Waals surface area contributed by atoms with Crippen LogP contribution in [0.3, 0.4) is 0 Å². The van der Waals surface area contributed by atoms with E-state index in [9.17, 15) is 0 Å². The molecule has 21 heavy (non-hydrogen) atoms. The standard InChI is InChI=1S/C17H27ClN2O/c1-13(2)12-20(15-5-6-15)17-7-4-14(10-16(17)18)11-19-8-9-21-3/h4,7,10,13,15,19H,5-6,8-9,11-12H2,1-3H3. The van der Waals surface area contributed by atoms with Crippen LogP contribution in [0.2, 0.25) is 5.02 Å². The smallest absolute Gasteiger partial charge is 0.0642 e. The monoisotopic (exact) mass is 310 g/mol. The molecule has 0 saturated heterocycles. The second kappa shape index (κ2) is 8.02. The first-order chi connectivity index (χ1) is 10.1. The SMILES string of the molecule is COCCNCc1ccc(N(CC(C)C)C2CC2)c(Cl)c1. The van der Waals surface area contributed by atoms with Gasteiger partial charge in [0.05, 0.1) is 17.3 Å². The molecule has 118 valence electrons. The van der Waals surface area contributed by atoms with Gasteiger partial charge in [-0.25, -0.2) is 0 Å². The van der Waals surface area contributed by atoms with E-state index >= 15 is 0 Å². The van der Waals surface area contributed by atoms with E-state index in [4.69, 9.17) is 16.3 Å². The molecule has 2 rings (SSSR count). The number of hydrogen-bond donors (Lipinski definition) is 1. The molecule has 0 atom stereocenters. The van der Waals surface area contributed by atoms with Crippen molar-refractivity contribution < 1.29 is 4.74 Å². The fraction of sp³-hybridized carbons (Fsp3) is 0.647. The van der Waals surface area contributed by atoms with Gasteiger partial charge in [-0.05, 0) is 36.5 Å². The van der Waals surface area contributed by atoms with E-state index < -0.39 is 0 Å². The van der Waals surface area contributed by atoms with Crippen molar-refractivity contribution in [1.82, 2.24) is 5.32 Å². The summed E-state index contributed by atoms with van der Waals surface area (Å²) in [5.74, 6) is 0.650. The molecule has 0 amide bonds. The quantitative estimate of drug-likeness (QED) is 0.704. The molecule has 0 unspecified atom stereocenters. The minimum Gasteiger partial charge on any atom is -0.383 e. The van der Waals surface area contributed by atoms with Crippen molar-refractivity contribution in [3.05, 3.63) is 28.8 Å². The zero-order valence-electron chi connectivity index (χ0n) is 13.4. The molecule has 0 aromatic heterocycles. The van der Waals surface area contributed by atoms with Crippen LogP contribution in [0.4, 0.5) is 5.69 Å². The van der Waals surface area contributed by atoms with E-state index in [-0.39, 0.29) is 0 Å². The van der Waals surface area contributed by atoms with Gasteiger partial charge in [0.15, 0.2) is 0 Å². The first kappa shape index (κ1) is 16.6. The minimum absolute atomic E-state index is 0.650. The van der Waals surface area contributed by atoms with Gasteiger partial charge in [-0.2, -0.15) is 0 Å². The van der Waals surface area contributed by atoms with Crippen LogP contribution in [-0.2, 0) is 11.3 Å². The van der Waals surface area contributed by atoms with E-state index in [1.54, 1.807) is 7.11 Å².